The molecule has 0 aromatic heterocycles. The van der Waals surface area contributed by atoms with Crippen molar-refractivity contribution in [2.24, 2.45) is 0 Å². The molecule has 14 heteroatoms. The standard InChI is InChI=1S/C18H25NO6.C17H23NO6/c1-18(2,3)25-17(22)19(4)14(11-15(20)23-5)16(21)24-12-13-9-7-6-8-10-13;1-17(2,3)24-16(21)18-13(10-14(19)22-4)15(20)23-11-12-8-6-5-7-9-12/h6-10,14H,11-12H2,1-5H3;5-9,13H,10-11H2,1-4H3,(H,18,21)/t14-;13-/m00/s1. The minimum Gasteiger partial charge on any atom is -0.469 e. The van der Waals surface area contributed by atoms with Crippen molar-refractivity contribution < 1.29 is 57.2 Å². The van der Waals surface area contributed by atoms with Crippen LogP contribution < -0.4 is 5.32 Å². The highest BCUT2D eigenvalue weighted by Gasteiger charge is 2.34. The van der Waals surface area contributed by atoms with Crippen molar-refractivity contribution in [3.05, 3.63) is 71.8 Å². The van der Waals surface area contributed by atoms with Gasteiger partial charge in [-0.05, 0) is 52.7 Å². The summed E-state index contributed by atoms with van der Waals surface area (Å²) in [5, 5.41) is 2.34. The van der Waals surface area contributed by atoms with Gasteiger partial charge in [0.25, 0.3) is 0 Å². The molecule has 14 nitrogen and oxygen atoms in total. The van der Waals surface area contributed by atoms with Crippen molar-refractivity contribution in [3.8, 4) is 0 Å². The van der Waals surface area contributed by atoms with Crippen LogP contribution in [0, 0.1) is 0 Å². The number of amides is 2. The molecule has 2 atom stereocenters. The second kappa shape index (κ2) is 20.3. The summed E-state index contributed by atoms with van der Waals surface area (Å²) in [5.41, 5.74) is 0.135. The lowest BCUT2D eigenvalue weighted by atomic mass is 10.2. The van der Waals surface area contributed by atoms with Crippen molar-refractivity contribution in [2.75, 3.05) is 21.3 Å². The first kappa shape index (κ1) is 41.9. The number of hydrogen-bond acceptors (Lipinski definition) is 12. The Bertz CT molecular complexity index is 1370. The number of ether oxygens (including phenoxy) is 6. The summed E-state index contributed by atoms with van der Waals surface area (Å²) >= 11 is 0. The molecule has 0 saturated carbocycles. The fourth-order valence-corrected chi connectivity index (χ4v) is 3.63. The molecular formula is C35H48N2O12. The number of nitrogens with zero attached hydrogens (tertiary/aromatic N) is 1. The molecule has 0 aliphatic heterocycles. The number of nitrogens with one attached hydrogen (secondary N) is 1. The van der Waals surface area contributed by atoms with Crippen molar-refractivity contribution in [2.45, 2.75) is 90.9 Å². The summed E-state index contributed by atoms with van der Waals surface area (Å²) in [6, 6.07) is 15.8. The number of hydrogen-bond donors (Lipinski definition) is 1. The molecule has 0 aliphatic carbocycles. The van der Waals surface area contributed by atoms with Gasteiger partial charge < -0.3 is 33.7 Å². The normalized spacial score (nSPS) is 12.0. The van der Waals surface area contributed by atoms with Crippen LogP contribution in [0.15, 0.2) is 60.7 Å². The smallest absolute Gasteiger partial charge is 0.410 e. The molecule has 0 unspecified atom stereocenters. The third kappa shape index (κ3) is 18.1. The highest BCUT2D eigenvalue weighted by molar-refractivity contribution is 5.87. The van der Waals surface area contributed by atoms with E-state index in [9.17, 15) is 28.8 Å². The minimum atomic E-state index is -1.18. The zero-order chi connectivity index (χ0) is 37.2. The van der Waals surface area contributed by atoms with Gasteiger partial charge in [-0.2, -0.15) is 0 Å². The van der Waals surface area contributed by atoms with Gasteiger partial charge >= 0.3 is 36.1 Å². The van der Waals surface area contributed by atoms with Crippen LogP contribution in [0.2, 0.25) is 0 Å². The molecule has 270 valence electrons. The Labute approximate surface area is 287 Å². The van der Waals surface area contributed by atoms with Crippen LogP contribution in [0.4, 0.5) is 9.59 Å². The second-order valence-corrected chi connectivity index (χ2v) is 12.6. The fourth-order valence-electron chi connectivity index (χ4n) is 3.63. The molecule has 0 spiro atoms. The Morgan fingerprint density at radius 1 is 0.653 bits per heavy atom. The van der Waals surface area contributed by atoms with Crippen molar-refractivity contribution >= 4 is 36.1 Å². The Morgan fingerprint density at radius 3 is 1.51 bits per heavy atom. The molecule has 0 aliphatic rings. The Morgan fingerprint density at radius 2 is 1.08 bits per heavy atom. The highest BCUT2D eigenvalue weighted by Crippen LogP contribution is 2.15. The van der Waals surface area contributed by atoms with Crippen molar-refractivity contribution in [3.63, 3.8) is 0 Å². The number of rotatable bonds is 12. The van der Waals surface area contributed by atoms with Gasteiger partial charge in [-0.15, -0.1) is 0 Å². The highest BCUT2D eigenvalue weighted by atomic mass is 16.6. The largest absolute Gasteiger partial charge is 0.469 e. The SMILES string of the molecule is COC(=O)C[C@@H](C(=O)OCc1ccccc1)N(C)C(=O)OC(C)(C)C.COC(=O)C[C@H](NC(=O)OC(C)(C)C)C(=O)OCc1ccccc1. The van der Waals surface area contributed by atoms with E-state index in [1.54, 1.807) is 65.8 Å². The maximum atomic E-state index is 12.4. The van der Waals surface area contributed by atoms with Gasteiger partial charge in [0.2, 0.25) is 0 Å². The maximum absolute atomic E-state index is 12.4. The molecule has 0 radical (unpaired) electrons. The van der Waals surface area contributed by atoms with Gasteiger partial charge in [0.05, 0.1) is 27.1 Å². The van der Waals surface area contributed by atoms with E-state index in [4.69, 9.17) is 18.9 Å². The van der Waals surface area contributed by atoms with E-state index in [-0.39, 0.29) is 26.1 Å². The molecule has 2 aromatic carbocycles. The first-order valence-corrected chi connectivity index (χ1v) is 15.3. The average molecular weight is 689 g/mol. The molecule has 2 rings (SSSR count). The summed E-state index contributed by atoms with van der Waals surface area (Å²) < 4.78 is 29.8. The molecule has 49 heavy (non-hydrogen) atoms. The van der Waals surface area contributed by atoms with Crippen LogP contribution in [-0.2, 0) is 60.8 Å². The van der Waals surface area contributed by atoms with Crippen molar-refractivity contribution in [1.82, 2.24) is 10.2 Å². The Kier molecular flexibility index (Phi) is 17.3. The molecule has 0 bridgehead atoms. The predicted octanol–water partition coefficient (Wildman–Crippen LogP) is 4.71. The second-order valence-electron chi connectivity index (χ2n) is 12.6. The Balaban J connectivity index is 0.000000490. The molecule has 0 heterocycles. The van der Waals surface area contributed by atoms with Crippen LogP contribution in [0.25, 0.3) is 0 Å². The summed E-state index contributed by atoms with van der Waals surface area (Å²) in [7, 11) is 3.79. The van der Waals surface area contributed by atoms with Gasteiger partial charge in [-0.3, -0.25) is 14.5 Å². The van der Waals surface area contributed by atoms with Crippen LogP contribution in [-0.4, -0.2) is 85.5 Å². The lowest BCUT2D eigenvalue weighted by Gasteiger charge is -2.29. The lowest BCUT2D eigenvalue weighted by molar-refractivity contribution is -0.155. The summed E-state index contributed by atoms with van der Waals surface area (Å²) in [6.07, 6.45) is -2.20. The van der Waals surface area contributed by atoms with Crippen LogP contribution in [0.1, 0.15) is 65.5 Å². The number of carbonyl (C=O) groups excluding carboxylic acids is 6. The minimum absolute atomic E-state index is 0.0351. The van der Waals surface area contributed by atoms with Crippen LogP contribution in [0.3, 0.4) is 0 Å². The summed E-state index contributed by atoms with van der Waals surface area (Å²) in [6.45, 7) is 10.3. The van der Waals surface area contributed by atoms with E-state index < -0.39 is 59.3 Å². The van der Waals surface area contributed by atoms with Gasteiger partial charge in [-0.25, -0.2) is 19.2 Å². The van der Waals surface area contributed by atoms with E-state index in [1.807, 2.05) is 36.4 Å². The van der Waals surface area contributed by atoms with Gasteiger partial charge in [-0.1, -0.05) is 60.7 Å². The lowest BCUT2D eigenvalue weighted by Crippen LogP contribution is -2.46. The van der Waals surface area contributed by atoms with E-state index in [0.717, 1.165) is 16.0 Å². The zero-order valence-electron chi connectivity index (χ0n) is 29.6. The monoisotopic (exact) mass is 688 g/mol. The van der Waals surface area contributed by atoms with E-state index >= 15 is 0 Å². The average Bonchev–Trinajstić information content (AvgIpc) is 3.03. The Hall–Kier alpha value is -5.14. The molecule has 2 aromatic rings. The predicted molar refractivity (Wildman–Crippen MR) is 177 cm³/mol. The fraction of sp³-hybridized carbons (Fsp3) is 0.486. The first-order valence-electron chi connectivity index (χ1n) is 15.3. The van der Waals surface area contributed by atoms with E-state index in [2.05, 4.69) is 14.8 Å². The van der Waals surface area contributed by atoms with Gasteiger partial charge in [0.15, 0.2) is 0 Å². The third-order valence-electron chi connectivity index (χ3n) is 6.03. The van der Waals surface area contributed by atoms with Crippen molar-refractivity contribution in [1.29, 1.82) is 0 Å². The molecule has 0 fully saturated rings. The number of esters is 4. The number of alkyl carbamates (subject to hydrolysis) is 1. The van der Waals surface area contributed by atoms with E-state index in [0.29, 0.717) is 0 Å². The zero-order valence-corrected chi connectivity index (χ0v) is 29.6. The molecular weight excluding hydrogens is 640 g/mol. The maximum Gasteiger partial charge on any atom is 0.410 e. The summed E-state index contributed by atoms with van der Waals surface area (Å²) in [4.78, 5) is 72.7. The summed E-state index contributed by atoms with van der Waals surface area (Å²) in [5.74, 6) is -2.72. The number of methoxy groups -OCH3 is 2. The number of likely N-dealkylation sites (N-methyl/N-ethyl adjacent to an activating group) is 1. The van der Waals surface area contributed by atoms with Gasteiger partial charge in [0.1, 0.15) is 36.5 Å². The third-order valence-corrected chi connectivity index (χ3v) is 6.03. The number of benzene rings is 2. The topological polar surface area (TPSA) is 173 Å². The molecule has 2 amide bonds. The number of carbonyl (C=O) groups is 6. The molecule has 0 saturated heterocycles. The first-order chi connectivity index (χ1) is 22.8. The quantitative estimate of drug-likeness (QED) is 0.241. The van der Waals surface area contributed by atoms with Crippen LogP contribution in [0.5, 0.6) is 0 Å². The van der Waals surface area contributed by atoms with Gasteiger partial charge in [0, 0.05) is 7.05 Å². The van der Waals surface area contributed by atoms with E-state index in [1.165, 1.54) is 21.3 Å². The molecule has 1 N–H and O–H groups in total. The van der Waals surface area contributed by atoms with Crippen LogP contribution >= 0.6 is 0 Å².